The molecule has 1 aromatic rings. The summed E-state index contributed by atoms with van der Waals surface area (Å²) in [4.78, 5) is 11.9. The van der Waals surface area contributed by atoms with Gasteiger partial charge in [0, 0.05) is 25.2 Å². The molecule has 2 rings (SSSR count). The highest BCUT2D eigenvalue weighted by atomic mass is 35.5. The first-order chi connectivity index (χ1) is 10.5. The molecule has 6 nitrogen and oxygen atoms in total. The van der Waals surface area contributed by atoms with Crippen molar-refractivity contribution in [2.24, 2.45) is 0 Å². The van der Waals surface area contributed by atoms with E-state index in [1.54, 1.807) is 6.08 Å². The van der Waals surface area contributed by atoms with Gasteiger partial charge in [0.05, 0.1) is 18.2 Å². The maximum Gasteiger partial charge on any atom is 0.251 e. The van der Waals surface area contributed by atoms with Crippen molar-refractivity contribution >= 4 is 27.5 Å². The zero-order valence-electron chi connectivity index (χ0n) is 11.9. The van der Waals surface area contributed by atoms with E-state index >= 15 is 0 Å². The highest BCUT2D eigenvalue weighted by molar-refractivity contribution is 7.89. The van der Waals surface area contributed by atoms with E-state index in [-0.39, 0.29) is 34.5 Å². The Hall–Kier alpha value is -1.41. The van der Waals surface area contributed by atoms with E-state index in [1.807, 2.05) is 0 Å². The van der Waals surface area contributed by atoms with Crippen LogP contribution < -0.4 is 5.32 Å². The van der Waals surface area contributed by atoms with Crippen molar-refractivity contribution in [1.29, 1.82) is 0 Å². The molecule has 0 saturated carbocycles. The van der Waals surface area contributed by atoms with Gasteiger partial charge in [-0.3, -0.25) is 4.79 Å². The van der Waals surface area contributed by atoms with Crippen molar-refractivity contribution in [3.05, 3.63) is 41.4 Å². The summed E-state index contributed by atoms with van der Waals surface area (Å²) < 4.78 is 31.7. The lowest BCUT2D eigenvalue weighted by Crippen LogP contribution is -2.40. The molecule has 0 unspecified atom stereocenters. The highest BCUT2D eigenvalue weighted by Gasteiger charge is 2.29. The molecule has 1 aromatic carbocycles. The summed E-state index contributed by atoms with van der Waals surface area (Å²) in [7, 11) is -3.75. The molecule has 0 radical (unpaired) electrons. The van der Waals surface area contributed by atoms with E-state index in [1.165, 1.54) is 22.5 Å². The average Bonchev–Trinajstić information content (AvgIpc) is 2.53. The van der Waals surface area contributed by atoms with Crippen LogP contribution in [0.25, 0.3) is 0 Å². The minimum Gasteiger partial charge on any atom is -0.379 e. The summed E-state index contributed by atoms with van der Waals surface area (Å²) in [5, 5.41) is 2.69. The summed E-state index contributed by atoms with van der Waals surface area (Å²) in [6.45, 7) is 5.03. The molecule has 1 saturated heterocycles. The van der Waals surface area contributed by atoms with Crippen LogP contribution >= 0.6 is 11.6 Å². The van der Waals surface area contributed by atoms with E-state index in [0.717, 1.165) is 0 Å². The first kappa shape index (κ1) is 17.0. The minimum atomic E-state index is -3.75. The fourth-order valence-electron chi connectivity index (χ4n) is 2.04. The largest absolute Gasteiger partial charge is 0.379 e. The molecule has 1 aliphatic heterocycles. The quantitative estimate of drug-likeness (QED) is 0.816. The van der Waals surface area contributed by atoms with Gasteiger partial charge in [-0.05, 0) is 18.2 Å². The first-order valence-corrected chi connectivity index (χ1v) is 8.55. The number of amides is 1. The lowest BCUT2D eigenvalue weighted by atomic mass is 10.2. The van der Waals surface area contributed by atoms with Crippen LogP contribution in [0.2, 0.25) is 5.02 Å². The van der Waals surface area contributed by atoms with Gasteiger partial charge >= 0.3 is 0 Å². The molecule has 0 aromatic heterocycles. The number of ether oxygens (including phenoxy) is 1. The molecule has 1 amide bonds. The Kier molecular flexibility index (Phi) is 5.57. The Labute approximate surface area is 134 Å². The number of benzene rings is 1. The van der Waals surface area contributed by atoms with Crippen LogP contribution in [0.5, 0.6) is 0 Å². The van der Waals surface area contributed by atoms with Crippen molar-refractivity contribution in [2.75, 3.05) is 32.8 Å². The number of nitrogens with zero attached hydrogens (tertiary/aromatic N) is 1. The molecule has 0 spiro atoms. The molecule has 22 heavy (non-hydrogen) atoms. The molecule has 1 N–H and O–H groups in total. The molecule has 120 valence electrons. The summed E-state index contributed by atoms with van der Waals surface area (Å²) in [6.07, 6.45) is 1.54. The van der Waals surface area contributed by atoms with Crippen LogP contribution in [0.4, 0.5) is 0 Å². The van der Waals surface area contributed by atoms with E-state index in [4.69, 9.17) is 16.3 Å². The Bertz CT molecular complexity index is 669. The van der Waals surface area contributed by atoms with Crippen LogP contribution in [0.15, 0.2) is 35.7 Å². The van der Waals surface area contributed by atoms with Gasteiger partial charge < -0.3 is 10.1 Å². The maximum atomic E-state index is 12.6. The molecule has 0 atom stereocenters. The third-order valence-electron chi connectivity index (χ3n) is 3.19. The lowest BCUT2D eigenvalue weighted by Gasteiger charge is -2.26. The van der Waals surface area contributed by atoms with Crippen molar-refractivity contribution in [3.8, 4) is 0 Å². The molecule has 1 aliphatic rings. The fourth-order valence-corrected chi connectivity index (χ4v) is 3.94. The molecule has 0 aliphatic carbocycles. The minimum absolute atomic E-state index is 0.0673. The van der Waals surface area contributed by atoms with Crippen LogP contribution in [0, 0.1) is 0 Å². The first-order valence-electron chi connectivity index (χ1n) is 6.73. The van der Waals surface area contributed by atoms with Gasteiger partial charge in [0.2, 0.25) is 10.0 Å². The highest BCUT2D eigenvalue weighted by Crippen LogP contribution is 2.26. The van der Waals surface area contributed by atoms with Gasteiger partial charge in [0.1, 0.15) is 4.90 Å². The van der Waals surface area contributed by atoms with Crippen molar-refractivity contribution in [2.45, 2.75) is 4.90 Å². The van der Waals surface area contributed by atoms with E-state index in [9.17, 15) is 13.2 Å². The Balaban J connectivity index is 2.33. The predicted octanol–water partition coefficient (Wildman–Crippen LogP) is 1.28. The molecular formula is C14H17ClN2O4S. The number of carbonyl (C=O) groups is 1. The summed E-state index contributed by atoms with van der Waals surface area (Å²) in [5.41, 5.74) is 0.234. The van der Waals surface area contributed by atoms with Crippen molar-refractivity contribution in [1.82, 2.24) is 9.62 Å². The number of halogens is 1. The third kappa shape index (κ3) is 3.67. The smallest absolute Gasteiger partial charge is 0.251 e. The summed E-state index contributed by atoms with van der Waals surface area (Å²) in [5.74, 6) is -0.380. The van der Waals surface area contributed by atoms with Crippen LogP contribution in [0.1, 0.15) is 10.4 Å². The van der Waals surface area contributed by atoms with E-state index in [0.29, 0.717) is 19.8 Å². The number of nitrogens with one attached hydrogen (secondary N) is 1. The zero-order valence-corrected chi connectivity index (χ0v) is 13.5. The number of rotatable bonds is 5. The monoisotopic (exact) mass is 344 g/mol. The fraction of sp³-hybridized carbons (Fsp3) is 0.357. The Morgan fingerprint density at radius 3 is 2.73 bits per heavy atom. The third-order valence-corrected chi connectivity index (χ3v) is 5.57. The van der Waals surface area contributed by atoms with Gasteiger partial charge in [0.25, 0.3) is 5.91 Å². The SMILES string of the molecule is C=CCNC(=O)c1ccc(Cl)c(S(=O)(=O)N2CCOCC2)c1. The molecular weight excluding hydrogens is 328 g/mol. The van der Waals surface area contributed by atoms with Gasteiger partial charge in [-0.15, -0.1) is 6.58 Å². The van der Waals surface area contributed by atoms with Gasteiger partial charge in [-0.25, -0.2) is 8.42 Å². The normalized spacial score (nSPS) is 16.2. The zero-order chi connectivity index (χ0) is 16.2. The maximum absolute atomic E-state index is 12.6. The Morgan fingerprint density at radius 2 is 2.09 bits per heavy atom. The van der Waals surface area contributed by atoms with E-state index < -0.39 is 10.0 Å². The van der Waals surface area contributed by atoms with Crippen molar-refractivity contribution in [3.63, 3.8) is 0 Å². The second kappa shape index (κ2) is 7.23. The summed E-state index contributed by atoms with van der Waals surface area (Å²) in [6, 6.07) is 4.20. The summed E-state index contributed by atoms with van der Waals surface area (Å²) >= 11 is 6.02. The number of morpholine rings is 1. The second-order valence-corrected chi connectivity index (χ2v) is 6.97. The van der Waals surface area contributed by atoms with E-state index in [2.05, 4.69) is 11.9 Å². The van der Waals surface area contributed by atoms with Crippen LogP contribution in [0.3, 0.4) is 0 Å². The van der Waals surface area contributed by atoms with Crippen LogP contribution in [-0.2, 0) is 14.8 Å². The molecule has 1 heterocycles. The second-order valence-electron chi connectivity index (χ2n) is 4.66. The van der Waals surface area contributed by atoms with Gasteiger partial charge in [-0.2, -0.15) is 4.31 Å². The average molecular weight is 345 g/mol. The standard InChI is InChI=1S/C14H17ClN2O4S/c1-2-5-16-14(18)11-3-4-12(15)13(10-11)22(19,20)17-6-8-21-9-7-17/h2-4,10H,1,5-9H2,(H,16,18). The Morgan fingerprint density at radius 1 is 1.41 bits per heavy atom. The molecule has 1 fully saturated rings. The molecule has 8 heteroatoms. The van der Waals surface area contributed by atoms with Crippen molar-refractivity contribution < 1.29 is 17.9 Å². The predicted molar refractivity (Wildman–Crippen MR) is 83.6 cm³/mol. The number of hydrogen-bond donors (Lipinski definition) is 1. The van der Waals surface area contributed by atoms with Crippen LogP contribution in [-0.4, -0.2) is 51.5 Å². The number of sulfonamides is 1. The number of hydrogen-bond acceptors (Lipinski definition) is 4. The number of carbonyl (C=O) groups excluding carboxylic acids is 1. The molecule has 0 bridgehead atoms. The van der Waals surface area contributed by atoms with Gasteiger partial charge in [-0.1, -0.05) is 17.7 Å². The van der Waals surface area contributed by atoms with Gasteiger partial charge in [0.15, 0.2) is 0 Å². The lowest BCUT2D eigenvalue weighted by molar-refractivity contribution is 0.0730. The topological polar surface area (TPSA) is 75.7 Å².